The van der Waals surface area contributed by atoms with Crippen LogP contribution in [0.1, 0.15) is 41.5 Å². The van der Waals surface area contributed by atoms with Crippen LogP contribution in [0.25, 0.3) is 0 Å². The van der Waals surface area contributed by atoms with Crippen LogP contribution in [0.4, 0.5) is 0 Å². The zero-order valence-corrected chi connectivity index (χ0v) is 17.0. The first-order valence-electron chi connectivity index (χ1n) is 8.90. The molecule has 0 spiro atoms. The number of benzene rings is 1. The fourth-order valence-corrected chi connectivity index (χ4v) is 3.79. The standard InChI is InChI=1S/C19H18ClNO9/c1-8(22)27-14-13(21-17(25)11-6-4-5-7-12(11)18(21)26)16(20)30-19(29-10(3)24)15(14)28-9(2)23/h4-7,13-16,19H,1-3H3/t13-,14-,15+,16-,19+/m1/s1. The van der Waals surface area contributed by atoms with E-state index in [-0.39, 0.29) is 11.1 Å². The molecule has 0 bridgehead atoms. The second-order valence-electron chi connectivity index (χ2n) is 6.63. The van der Waals surface area contributed by atoms with E-state index in [1.165, 1.54) is 12.1 Å². The highest BCUT2D eigenvalue weighted by Gasteiger charge is 2.57. The third-order valence-corrected chi connectivity index (χ3v) is 4.83. The smallest absolute Gasteiger partial charge is 0.305 e. The highest BCUT2D eigenvalue weighted by molar-refractivity contribution is 6.24. The Balaban J connectivity index is 2.05. The Labute approximate surface area is 175 Å². The predicted molar refractivity (Wildman–Crippen MR) is 98.1 cm³/mol. The van der Waals surface area contributed by atoms with Crippen molar-refractivity contribution in [1.29, 1.82) is 0 Å². The lowest BCUT2D eigenvalue weighted by molar-refractivity contribution is -0.266. The first-order valence-corrected chi connectivity index (χ1v) is 9.33. The zero-order valence-electron chi connectivity index (χ0n) is 16.2. The van der Waals surface area contributed by atoms with Crippen molar-refractivity contribution in [3.05, 3.63) is 35.4 Å². The number of halogens is 1. The third kappa shape index (κ3) is 4.01. The van der Waals surface area contributed by atoms with Gasteiger partial charge in [-0.15, -0.1) is 0 Å². The van der Waals surface area contributed by atoms with Gasteiger partial charge in [-0.2, -0.15) is 0 Å². The summed E-state index contributed by atoms with van der Waals surface area (Å²) >= 11 is 6.30. The molecule has 5 atom stereocenters. The first-order chi connectivity index (χ1) is 14.1. The van der Waals surface area contributed by atoms with Gasteiger partial charge in [0, 0.05) is 20.8 Å². The lowest BCUT2D eigenvalue weighted by Gasteiger charge is -2.45. The molecule has 2 aliphatic rings. The number of fused-ring (bicyclic) bond motifs is 1. The van der Waals surface area contributed by atoms with Crippen molar-refractivity contribution in [2.45, 2.75) is 50.9 Å². The van der Waals surface area contributed by atoms with Crippen molar-refractivity contribution in [2.24, 2.45) is 0 Å². The number of alkyl halides is 1. The zero-order chi connectivity index (χ0) is 22.2. The minimum atomic E-state index is -1.52. The van der Waals surface area contributed by atoms with E-state index in [0.29, 0.717) is 0 Å². The van der Waals surface area contributed by atoms with Crippen molar-refractivity contribution in [2.75, 3.05) is 0 Å². The van der Waals surface area contributed by atoms with Crippen LogP contribution in [-0.4, -0.2) is 64.7 Å². The van der Waals surface area contributed by atoms with Crippen molar-refractivity contribution < 1.29 is 42.9 Å². The van der Waals surface area contributed by atoms with Crippen LogP contribution in [-0.2, 0) is 33.3 Å². The predicted octanol–water partition coefficient (Wildman–Crippen LogP) is 0.999. The van der Waals surface area contributed by atoms with Gasteiger partial charge in [0.05, 0.1) is 11.1 Å². The van der Waals surface area contributed by atoms with E-state index < -0.39 is 59.8 Å². The second kappa shape index (κ2) is 8.41. The maximum absolute atomic E-state index is 12.9. The van der Waals surface area contributed by atoms with Gasteiger partial charge in [0.25, 0.3) is 11.8 Å². The molecule has 160 valence electrons. The molecule has 1 saturated heterocycles. The maximum atomic E-state index is 12.9. The molecule has 0 N–H and O–H groups in total. The summed E-state index contributed by atoms with van der Waals surface area (Å²) in [5.74, 6) is -3.74. The van der Waals surface area contributed by atoms with Crippen LogP contribution >= 0.6 is 11.6 Å². The van der Waals surface area contributed by atoms with Crippen LogP contribution < -0.4 is 0 Å². The molecule has 2 heterocycles. The normalized spacial score (nSPS) is 28.0. The Morgan fingerprint density at radius 1 is 0.867 bits per heavy atom. The molecule has 30 heavy (non-hydrogen) atoms. The molecule has 0 aromatic heterocycles. The second-order valence-corrected chi connectivity index (χ2v) is 7.06. The molecule has 2 aliphatic heterocycles. The number of nitrogens with zero attached hydrogens (tertiary/aromatic N) is 1. The largest absolute Gasteiger partial charge is 0.456 e. The van der Waals surface area contributed by atoms with E-state index in [0.717, 1.165) is 25.7 Å². The van der Waals surface area contributed by atoms with E-state index in [9.17, 15) is 24.0 Å². The highest BCUT2D eigenvalue weighted by atomic mass is 35.5. The van der Waals surface area contributed by atoms with Crippen LogP contribution in [0.3, 0.4) is 0 Å². The average Bonchev–Trinajstić information content (AvgIpc) is 2.89. The number of imide groups is 1. The van der Waals surface area contributed by atoms with E-state index >= 15 is 0 Å². The molecule has 11 heteroatoms. The van der Waals surface area contributed by atoms with Gasteiger partial charge in [0.2, 0.25) is 12.4 Å². The van der Waals surface area contributed by atoms with Crippen molar-refractivity contribution in [3.63, 3.8) is 0 Å². The van der Waals surface area contributed by atoms with Crippen LogP contribution in [0.2, 0.25) is 0 Å². The minimum absolute atomic E-state index is 0.138. The molecular formula is C19H18ClNO9. The van der Waals surface area contributed by atoms with Crippen LogP contribution in [0, 0.1) is 0 Å². The number of carbonyl (C=O) groups is 5. The van der Waals surface area contributed by atoms with Crippen LogP contribution in [0.15, 0.2) is 24.3 Å². The summed E-state index contributed by atoms with van der Waals surface area (Å²) in [6.45, 7) is 3.26. The summed E-state index contributed by atoms with van der Waals surface area (Å²) in [5.41, 5.74) is -1.16. The van der Waals surface area contributed by atoms with Gasteiger partial charge in [-0.1, -0.05) is 23.7 Å². The van der Waals surface area contributed by atoms with Gasteiger partial charge in [-0.05, 0) is 12.1 Å². The molecule has 0 aliphatic carbocycles. The number of ether oxygens (including phenoxy) is 4. The highest BCUT2D eigenvalue weighted by Crippen LogP contribution is 2.36. The average molecular weight is 440 g/mol. The minimum Gasteiger partial charge on any atom is -0.456 e. The van der Waals surface area contributed by atoms with Crippen molar-refractivity contribution in [3.8, 4) is 0 Å². The van der Waals surface area contributed by atoms with Gasteiger partial charge >= 0.3 is 17.9 Å². The van der Waals surface area contributed by atoms with Gasteiger partial charge in [-0.3, -0.25) is 28.9 Å². The first kappa shape index (κ1) is 21.7. The van der Waals surface area contributed by atoms with E-state index in [1.807, 2.05) is 0 Å². The quantitative estimate of drug-likeness (QED) is 0.292. The van der Waals surface area contributed by atoms with E-state index in [4.69, 9.17) is 30.5 Å². The third-order valence-electron chi connectivity index (χ3n) is 4.47. The summed E-state index contributed by atoms with van der Waals surface area (Å²) in [7, 11) is 0. The summed E-state index contributed by atoms with van der Waals surface area (Å²) in [5, 5.41) is 0. The van der Waals surface area contributed by atoms with E-state index in [2.05, 4.69) is 0 Å². The molecule has 1 aromatic carbocycles. The lowest BCUT2D eigenvalue weighted by atomic mass is 10.00. The Bertz CT molecular complexity index is 882. The molecule has 1 aromatic rings. The Kier molecular flexibility index (Phi) is 6.09. The van der Waals surface area contributed by atoms with Gasteiger partial charge in [0.1, 0.15) is 6.04 Å². The molecule has 1 fully saturated rings. The topological polar surface area (TPSA) is 126 Å². The molecule has 2 amide bonds. The lowest BCUT2D eigenvalue weighted by Crippen LogP contribution is -2.65. The summed E-state index contributed by atoms with van der Waals surface area (Å²) in [6.07, 6.45) is -4.45. The fourth-order valence-electron chi connectivity index (χ4n) is 3.43. The summed E-state index contributed by atoms with van der Waals surface area (Å²) in [6, 6.07) is 4.75. The molecule has 3 rings (SSSR count). The SMILES string of the molecule is CC(=O)O[C@H]1O[C@@H](Cl)[C@H](N2C(=O)c3ccccc3C2=O)[C@@H](OC(C)=O)[C@@H]1OC(C)=O. The number of esters is 3. The molecule has 0 unspecified atom stereocenters. The number of hydrogen-bond acceptors (Lipinski definition) is 9. The maximum Gasteiger partial charge on any atom is 0.305 e. The van der Waals surface area contributed by atoms with Gasteiger partial charge in [-0.25, -0.2) is 0 Å². The van der Waals surface area contributed by atoms with E-state index in [1.54, 1.807) is 12.1 Å². The molecule has 0 saturated carbocycles. The van der Waals surface area contributed by atoms with Crippen molar-refractivity contribution in [1.82, 2.24) is 4.90 Å². The molecule has 10 nitrogen and oxygen atoms in total. The Hall–Kier alpha value is -2.98. The van der Waals surface area contributed by atoms with Gasteiger partial charge < -0.3 is 18.9 Å². The number of amides is 2. The Morgan fingerprint density at radius 3 is 1.80 bits per heavy atom. The molecular weight excluding hydrogens is 422 g/mol. The monoisotopic (exact) mass is 439 g/mol. The summed E-state index contributed by atoms with van der Waals surface area (Å²) in [4.78, 5) is 61.5. The van der Waals surface area contributed by atoms with Crippen LogP contribution in [0.5, 0.6) is 0 Å². The summed E-state index contributed by atoms with van der Waals surface area (Å²) < 4.78 is 20.9. The number of carbonyl (C=O) groups excluding carboxylic acids is 5. The van der Waals surface area contributed by atoms with Gasteiger partial charge in [0.15, 0.2) is 11.7 Å². The fraction of sp³-hybridized carbons (Fsp3) is 0.421. The number of rotatable bonds is 4. The number of hydrogen-bond donors (Lipinski definition) is 0. The molecule has 0 radical (unpaired) electrons. The Morgan fingerprint density at radius 2 is 1.33 bits per heavy atom. The van der Waals surface area contributed by atoms with Crippen molar-refractivity contribution >= 4 is 41.3 Å².